The molecule has 1 heterocycles. The summed E-state index contributed by atoms with van der Waals surface area (Å²) in [7, 11) is 0. The highest BCUT2D eigenvalue weighted by Gasteiger charge is 2.21. The van der Waals surface area contributed by atoms with Gasteiger partial charge in [-0.25, -0.2) is 0 Å². The van der Waals surface area contributed by atoms with E-state index >= 15 is 0 Å². The van der Waals surface area contributed by atoms with E-state index in [2.05, 4.69) is 41.4 Å². The van der Waals surface area contributed by atoms with Crippen molar-refractivity contribution in [2.24, 2.45) is 0 Å². The van der Waals surface area contributed by atoms with Gasteiger partial charge in [0.2, 0.25) is 5.91 Å². The van der Waals surface area contributed by atoms with Crippen LogP contribution in [0, 0.1) is 6.92 Å². The molecule has 0 unspecified atom stereocenters. The first kappa shape index (κ1) is 16.3. The molecule has 0 spiro atoms. The molecule has 4 nitrogen and oxygen atoms in total. The Morgan fingerprint density at radius 2 is 1.91 bits per heavy atom. The van der Waals surface area contributed by atoms with E-state index in [-0.39, 0.29) is 0 Å². The van der Waals surface area contributed by atoms with Gasteiger partial charge in [0.15, 0.2) is 0 Å². The maximum absolute atomic E-state index is 12.3. The van der Waals surface area contributed by atoms with Gasteiger partial charge in [-0.2, -0.15) is 0 Å². The Hall–Kier alpha value is -1.55. The van der Waals surface area contributed by atoms with Crippen molar-refractivity contribution in [3.8, 4) is 0 Å². The van der Waals surface area contributed by atoms with Crippen LogP contribution in [0.4, 0.5) is 5.69 Å². The molecule has 2 aliphatic rings. The van der Waals surface area contributed by atoms with Crippen LogP contribution in [0.3, 0.4) is 0 Å². The van der Waals surface area contributed by atoms with Crippen molar-refractivity contribution in [2.75, 3.05) is 37.6 Å². The number of nitrogens with zero attached hydrogens (tertiary/aromatic N) is 2. The van der Waals surface area contributed by atoms with Gasteiger partial charge in [0.05, 0.1) is 0 Å². The minimum Gasteiger partial charge on any atom is -0.368 e. The lowest BCUT2D eigenvalue weighted by Gasteiger charge is -2.36. The number of benzene rings is 1. The van der Waals surface area contributed by atoms with Gasteiger partial charge in [-0.05, 0) is 37.5 Å². The average Bonchev–Trinajstić information content (AvgIpc) is 3.08. The summed E-state index contributed by atoms with van der Waals surface area (Å²) >= 11 is 0. The molecule has 0 aromatic heterocycles. The molecule has 23 heavy (non-hydrogen) atoms. The number of carbonyl (C=O) groups is 1. The van der Waals surface area contributed by atoms with E-state index in [1.54, 1.807) is 0 Å². The smallest absolute Gasteiger partial charge is 0.223 e. The van der Waals surface area contributed by atoms with Gasteiger partial charge in [-0.3, -0.25) is 4.79 Å². The predicted molar refractivity (Wildman–Crippen MR) is 94.8 cm³/mol. The van der Waals surface area contributed by atoms with E-state index in [0.29, 0.717) is 18.4 Å². The van der Waals surface area contributed by atoms with Crippen LogP contribution < -0.4 is 10.2 Å². The van der Waals surface area contributed by atoms with E-state index in [9.17, 15) is 4.79 Å². The Balaban J connectivity index is 1.40. The normalized spacial score (nSPS) is 19.3. The fourth-order valence-corrected chi connectivity index (χ4v) is 3.71. The van der Waals surface area contributed by atoms with Gasteiger partial charge in [-0.15, -0.1) is 0 Å². The molecule has 1 aromatic carbocycles. The summed E-state index contributed by atoms with van der Waals surface area (Å²) < 4.78 is 0. The van der Waals surface area contributed by atoms with Gasteiger partial charge >= 0.3 is 0 Å². The number of piperazine rings is 1. The number of rotatable bonds is 5. The zero-order valence-corrected chi connectivity index (χ0v) is 14.3. The summed E-state index contributed by atoms with van der Waals surface area (Å²) in [5.74, 6) is 0.305. The van der Waals surface area contributed by atoms with Crippen LogP contribution >= 0.6 is 0 Å². The molecule has 1 aromatic rings. The number of amides is 1. The molecular weight excluding hydrogens is 286 g/mol. The lowest BCUT2D eigenvalue weighted by Crippen LogP contribution is -2.49. The Bertz CT molecular complexity index is 517. The van der Waals surface area contributed by atoms with Crippen LogP contribution in [0.5, 0.6) is 0 Å². The highest BCUT2D eigenvalue weighted by molar-refractivity contribution is 5.76. The maximum Gasteiger partial charge on any atom is 0.223 e. The minimum atomic E-state index is 0.305. The number of carbonyl (C=O) groups excluding carboxylic acids is 1. The van der Waals surface area contributed by atoms with Gasteiger partial charge in [0.1, 0.15) is 0 Å². The third-order valence-corrected chi connectivity index (χ3v) is 5.13. The molecule has 1 saturated heterocycles. The third-order valence-electron chi connectivity index (χ3n) is 5.13. The number of hydrogen-bond donors (Lipinski definition) is 1. The summed E-state index contributed by atoms with van der Waals surface area (Å²) in [6.45, 7) is 6.52. The van der Waals surface area contributed by atoms with Crippen molar-refractivity contribution in [2.45, 2.75) is 45.1 Å². The molecular formula is C19H29N3O. The first-order valence-electron chi connectivity index (χ1n) is 9.05. The molecule has 0 bridgehead atoms. The van der Waals surface area contributed by atoms with Gasteiger partial charge < -0.3 is 15.1 Å². The maximum atomic E-state index is 12.3. The van der Waals surface area contributed by atoms with Crippen molar-refractivity contribution in [1.29, 1.82) is 0 Å². The molecule has 4 heteroatoms. The lowest BCUT2D eigenvalue weighted by molar-refractivity contribution is -0.131. The standard InChI is InChI=1S/C19H29N3O/c1-16-5-4-8-18(15-16)21-11-13-22(14-12-21)19(23)9-10-20-17-6-2-3-7-17/h4-5,8,15,17,20H,2-3,6-7,9-14H2,1H3. The van der Waals surface area contributed by atoms with Crippen molar-refractivity contribution in [3.05, 3.63) is 29.8 Å². The van der Waals surface area contributed by atoms with Gasteiger partial charge in [-0.1, -0.05) is 25.0 Å². The molecule has 1 amide bonds. The molecule has 0 radical (unpaired) electrons. The van der Waals surface area contributed by atoms with E-state index in [1.165, 1.54) is 36.9 Å². The Morgan fingerprint density at radius 3 is 2.61 bits per heavy atom. The van der Waals surface area contributed by atoms with Gasteiger partial charge in [0, 0.05) is 50.9 Å². The molecule has 0 atom stereocenters. The first-order valence-corrected chi connectivity index (χ1v) is 9.05. The van der Waals surface area contributed by atoms with Crippen molar-refractivity contribution >= 4 is 11.6 Å². The third kappa shape index (κ3) is 4.47. The van der Waals surface area contributed by atoms with E-state index in [1.807, 2.05) is 4.90 Å². The second-order valence-corrected chi connectivity index (χ2v) is 6.89. The quantitative estimate of drug-likeness (QED) is 0.907. The zero-order chi connectivity index (χ0) is 16.1. The summed E-state index contributed by atoms with van der Waals surface area (Å²) in [5, 5.41) is 3.53. The van der Waals surface area contributed by atoms with E-state index < -0.39 is 0 Å². The van der Waals surface area contributed by atoms with Crippen molar-refractivity contribution in [3.63, 3.8) is 0 Å². The van der Waals surface area contributed by atoms with Gasteiger partial charge in [0.25, 0.3) is 0 Å². The summed E-state index contributed by atoms with van der Waals surface area (Å²) in [6.07, 6.45) is 5.88. The zero-order valence-electron chi connectivity index (χ0n) is 14.3. The highest BCUT2D eigenvalue weighted by Crippen LogP contribution is 2.19. The minimum absolute atomic E-state index is 0.305. The Kier molecular flexibility index (Phi) is 5.55. The van der Waals surface area contributed by atoms with Crippen LogP contribution in [-0.4, -0.2) is 49.6 Å². The van der Waals surface area contributed by atoms with Crippen LogP contribution in [0.25, 0.3) is 0 Å². The molecule has 1 aliphatic heterocycles. The van der Waals surface area contributed by atoms with E-state index in [0.717, 1.165) is 32.7 Å². The number of anilines is 1. The summed E-state index contributed by atoms with van der Waals surface area (Å²) in [5.41, 5.74) is 2.57. The van der Waals surface area contributed by atoms with Crippen molar-refractivity contribution < 1.29 is 4.79 Å². The van der Waals surface area contributed by atoms with Crippen LogP contribution in [0.2, 0.25) is 0 Å². The molecule has 1 N–H and O–H groups in total. The highest BCUT2D eigenvalue weighted by atomic mass is 16.2. The summed E-state index contributed by atoms with van der Waals surface area (Å²) in [6, 6.07) is 9.28. The molecule has 2 fully saturated rings. The fraction of sp³-hybridized carbons (Fsp3) is 0.632. The Morgan fingerprint density at radius 1 is 1.17 bits per heavy atom. The largest absolute Gasteiger partial charge is 0.368 e. The van der Waals surface area contributed by atoms with Crippen molar-refractivity contribution in [1.82, 2.24) is 10.2 Å². The molecule has 1 aliphatic carbocycles. The van der Waals surface area contributed by atoms with Crippen LogP contribution in [-0.2, 0) is 4.79 Å². The SMILES string of the molecule is Cc1cccc(N2CCN(C(=O)CCNC3CCCC3)CC2)c1. The second kappa shape index (κ2) is 7.82. The molecule has 126 valence electrons. The lowest BCUT2D eigenvalue weighted by atomic mass is 10.2. The Labute approximate surface area is 139 Å². The van der Waals surface area contributed by atoms with Crippen LogP contribution in [0.15, 0.2) is 24.3 Å². The predicted octanol–water partition coefficient (Wildman–Crippen LogP) is 2.57. The first-order chi connectivity index (χ1) is 11.2. The summed E-state index contributed by atoms with van der Waals surface area (Å²) in [4.78, 5) is 16.7. The van der Waals surface area contributed by atoms with E-state index in [4.69, 9.17) is 0 Å². The average molecular weight is 315 g/mol. The molecule has 1 saturated carbocycles. The number of hydrogen-bond acceptors (Lipinski definition) is 3. The number of aryl methyl sites for hydroxylation is 1. The second-order valence-electron chi connectivity index (χ2n) is 6.89. The molecule has 3 rings (SSSR count). The van der Waals surface area contributed by atoms with Crippen LogP contribution in [0.1, 0.15) is 37.7 Å². The fourth-order valence-electron chi connectivity index (χ4n) is 3.71. The monoisotopic (exact) mass is 315 g/mol. The topological polar surface area (TPSA) is 35.6 Å². The number of nitrogens with one attached hydrogen (secondary N) is 1.